The van der Waals surface area contributed by atoms with Crippen molar-refractivity contribution in [3.05, 3.63) is 72.8 Å². The Labute approximate surface area is 165 Å². The van der Waals surface area contributed by atoms with Crippen molar-refractivity contribution in [3.63, 3.8) is 0 Å². The highest BCUT2D eigenvalue weighted by atomic mass is 16.5. The van der Waals surface area contributed by atoms with Crippen molar-refractivity contribution in [2.75, 3.05) is 20.3 Å². The van der Waals surface area contributed by atoms with Crippen LogP contribution in [0.5, 0.6) is 11.5 Å². The lowest BCUT2D eigenvalue weighted by Crippen LogP contribution is -2.49. The lowest BCUT2D eigenvalue weighted by molar-refractivity contribution is -0.142. The molecule has 0 radical (unpaired) electrons. The van der Waals surface area contributed by atoms with Gasteiger partial charge in [-0.1, -0.05) is 36.4 Å². The van der Waals surface area contributed by atoms with Crippen LogP contribution in [-0.2, 0) is 16.1 Å². The van der Waals surface area contributed by atoms with E-state index in [-0.39, 0.29) is 25.0 Å². The van der Waals surface area contributed by atoms with E-state index in [1.54, 1.807) is 32.2 Å². The molecular formula is C22H26N2O4. The fraction of sp³-hybridized carbons (Fsp3) is 0.273. The molecule has 2 amide bonds. The van der Waals surface area contributed by atoms with Crippen LogP contribution in [0.15, 0.2) is 67.3 Å². The Bertz CT molecular complexity index is 775. The zero-order chi connectivity index (χ0) is 20.4. The summed E-state index contributed by atoms with van der Waals surface area (Å²) in [6.45, 7) is 5.76. The smallest absolute Gasteiger partial charge is 0.261 e. The van der Waals surface area contributed by atoms with Gasteiger partial charge in [0.05, 0.1) is 7.11 Å². The second-order valence-corrected chi connectivity index (χ2v) is 6.18. The van der Waals surface area contributed by atoms with Crippen LogP contribution in [0.2, 0.25) is 0 Å². The van der Waals surface area contributed by atoms with Crippen molar-refractivity contribution in [3.8, 4) is 11.5 Å². The Balaban J connectivity index is 2.12. The number of benzene rings is 2. The summed E-state index contributed by atoms with van der Waals surface area (Å²) in [4.78, 5) is 26.7. The summed E-state index contributed by atoms with van der Waals surface area (Å²) in [5, 5.41) is 2.73. The number of carbonyl (C=O) groups excluding carboxylic acids is 2. The van der Waals surface area contributed by atoms with Gasteiger partial charge in [0.15, 0.2) is 6.61 Å². The van der Waals surface area contributed by atoms with E-state index in [4.69, 9.17) is 9.47 Å². The second-order valence-electron chi connectivity index (χ2n) is 6.18. The minimum atomic E-state index is -0.658. The van der Waals surface area contributed by atoms with Crippen LogP contribution < -0.4 is 14.8 Å². The Morgan fingerprint density at radius 3 is 2.39 bits per heavy atom. The van der Waals surface area contributed by atoms with Crippen molar-refractivity contribution in [1.82, 2.24) is 10.2 Å². The number of para-hydroxylation sites is 1. The number of hydrogen-bond donors (Lipinski definition) is 1. The summed E-state index contributed by atoms with van der Waals surface area (Å²) in [7, 11) is 1.60. The van der Waals surface area contributed by atoms with Crippen LogP contribution in [0.4, 0.5) is 0 Å². The number of methoxy groups -OCH3 is 1. The standard InChI is InChI=1S/C22H26N2O4/c1-4-14-23-22(26)17(2)24(15-18-10-12-19(27-3)13-11-18)21(25)16-28-20-8-6-5-7-9-20/h4-13,17H,1,14-16H2,2-3H3,(H,23,26). The average Bonchev–Trinajstić information content (AvgIpc) is 2.74. The van der Waals surface area contributed by atoms with E-state index in [1.165, 1.54) is 4.90 Å². The van der Waals surface area contributed by atoms with Gasteiger partial charge in [0.1, 0.15) is 17.5 Å². The fourth-order valence-corrected chi connectivity index (χ4v) is 2.58. The molecule has 6 nitrogen and oxygen atoms in total. The molecular weight excluding hydrogens is 356 g/mol. The molecule has 2 aromatic rings. The van der Waals surface area contributed by atoms with Crippen LogP contribution in [-0.4, -0.2) is 43.0 Å². The molecule has 0 aliphatic rings. The molecule has 0 spiro atoms. The number of ether oxygens (including phenoxy) is 2. The Morgan fingerprint density at radius 1 is 1.11 bits per heavy atom. The lowest BCUT2D eigenvalue weighted by atomic mass is 10.1. The zero-order valence-corrected chi connectivity index (χ0v) is 16.3. The third kappa shape index (κ3) is 6.16. The second kappa shape index (κ2) is 10.8. The topological polar surface area (TPSA) is 67.9 Å². The Hall–Kier alpha value is -3.28. The molecule has 1 atom stereocenters. The molecule has 28 heavy (non-hydrogen) atoms. The van der Waals surface area contributed by atoms with Gasteiger partial charge in [0.25, 0.3) is 5.91 Å². The van der Waals surface area contributed by atoms with Crippen molar-refractivity contribution in [2.45, 2.75) is 19.5 Å². The van der Waals surface area contributed by atoms with Crippen LogP contribution >= 0.6 is 0 Å². The monoisotopic (exact) mass is 382 g/mol. The van der Waals surface area contributed by atoms with Gasteiger partial charge in [-0.3, -0.25) is 9.59 Å². The van der Waals surface area contributed by atoms with E-state index >= 15 is 0 Å². The quantitative estimate of drug-likeness (QED) is 0.642. The summed E-state index contributed by atoms with van der Waals surface area (Å²) in [5.41, 5.74) is 0.886. The van der Waals surface area contributed by atoms with E-state index in [1.807, 2.05) is 42.5 Å². The maximum atomic E-state index is 12.8. The van der Waals surface area contributed by atoms with Crippen molar-refractivity contribution in [2.24, 2.45) is 0 Å². The molecule has 0 aliphatic carbocycles. The maximum absolute atomic E-state index is 12.8. The number of hydrogen-bond acceptors (Lipinski definition) is 4. The normalized spacial score (nSPS) is 11.2. The van der Waals surface area contributed by atoms with E-state index in [0.29, 0.717) is 12.3 Å². The van der Waals surface area contributed by atoms with E-state index < -0.39 is 6.04 Å². The molecule has 6 heteroatoms. The van der Waals surface area contributed by atoms with Gasteiger partial charge in [0.2, 0.25) is 5.91 Å². The van der Waals surface area contributed by atoms with Gasteiger partial charge < -0.3 is 19.7 Å². The minimum Gasteiger partial charge on any atom is -0.497 e. The third-order valence-corrected chi connectivity index (χ3v) is 4.21. The van der Waals surface area contributed by atoms with Crippen LogP contribution in [0.1, 0.15) is 12.5 Å². The van der Waals surface area contributed by atoms with E-state index in [2.05, 4.69) is 11.9 Å². The molecule has 0 bridgehead atoms. The molecule has 0 heterocycles. The SMILES string of the molecule is C=CCNC(=O)C(C)N(Cc1ccc(OC)cc1)C(=O)COc1ccccc1. The Morgan fingerprint density at radius 2 is 1.79 bits per heavy atom. The predicted molar refractivity (Wildman–Crippen MR) is 108 cm³/mol. The summed E-state index contributed by atoms with van der Waals surface area (Å²) < 4.78 is 10.7. The van der Waals surface area contributed by atoms with Gasteiger partial charge in [-0.15, -0.1) is 6.58 Å². The van der Waals surface area contributed by atoms with Gasteiger partial charge in [-0.25, -0.2) is 0 Å². The third-order valence-electron chi connectivity index (χ3n) is 4.21. The first-order chi connectivity index (χ1) is 13.5. The first kappa shape index (κ1) is 21.0. The summed E-state index contributed by atoms with van der Waals surface area (Å²) in [5.74, 6) is 0.803. The van der Waals surface area contributed by atoms with Gasteiger partial charge in [0, 0.05) is 13.1 Å². The number of nitrogens with one attached hydrogen (secondary N) is 1. The van der Waals surface area contributed by atoms with Gasteiger partial charge in [-0.05, 0) is 36.8 Å². The highest BCUT2D eigenvalue weighted by Gasteiger charge is 2.26. The maximum Gasteiger partial charge on any atom is 0.261 e. The summed E-state index contributed by atoms with van der Waals surface area (Å²) >= 11 is 0. The summed E-state index contributed by atoms with van der Waals surface area (Å²) in [6.07, 6.45) is 1.60. The lowest BCUT2D eigenvalue weighted by Gasteiger charge is -2.28. The van der Waals surface area contributed by atoms with Crippen LogP contribution in [0.25, 0.3) is 0 Å². The first-order valence-electron chi connectivity index (χ1n) is 9.04. The first-order valence-corrected chi connectivity index (χ1v) is 9.04. The summed E-state index contributed by atoms with van der Waals surface area (Å²) in [6, 6.07) is 15.8. The fourth-order valence-electron chi connectivity index (χ4n) is 2.58. The number of amides is 2. The van der Waals surface area contributed by atoms with Crippen molar-refractivity contribution >= 4 is 11.8 Å². The number of nitrogens with zero attached hydrogens (tertiary/aromatic N) is 1. The zero-order valence-electron chi connectivity index (χ0n) is 16.3. The van der Waals surface area contributed by atoms with Crippen LogP contribution in [0.3, 0.4) is 0 Å². The van der Waals surface area contributed by atoms with Crippen molar-refractivity contribution < 1.29 is 19.1 Å². The molecule has 0 saturated carbocycles. The molecule has 0 aliphatic heterocycles. The highest BCUT2D eigenvalue weighted by Crippen LogP contribution is 2.15. The number of rotatable bonds is 10. The minimum absolute atomic E-state index is 0.154. The molecule has 2 aromatic carbocycles. The molecule has 0 fully saturated rings. The molecule has 0 aromatic heterocycles. The largest absolute Gasteiger partial charge is 0.497 e. The Kier molecular flexibility index (Phi) is 8.09. The molecule has 148 valence electrons. The highest BCUT2D eigenvalue weighted by molar-refractivity contribution is 5.88. The van der Waals surface area contributed by atoms with Crippen LogP contribution in [0, 0.1) is 0 Å². The molecule has 1 unspecified atom stereocenters. The van der Waals surface area contributed by atoms with E-state index in [9.17, 15) is 9.59 Å². The van der Waals surface area contributed by atoms with Gasteiger partial charge in [-0.2, -0.15) is 0 Å². The number of carbonyl (C=O) groups is 2. The van der Waals surface area contributed by atoms with E-state index in [0.717, 1.165) is 11.3 Å². The van der Waals surface area contributed by atoms with Crippen molar-refractivity contribution in [1.29, 1.82) is 0 Å². The molecule has 2 rings (SSSR count). The van der Waals surface area contributed by atoms with Gasteiger partial charge >= 0.3 is 0 Å². The predicted octanol–water partition coefficient (Wildman–Crippen LogP) is 2.79. The molecule has 0 saturated heterocycles. The molecule has 1 N–H and O–H groups in total. The average molecular weight is 382 g/mol.